The summed E-state index contributed by atoms with van der Waals surface area (Å²) in [5.41, 5.74) is -0.00401. The fourth-order valence-electron chi connectivity index (χ4n) is 1.45. The standard InChI is InChI=1S/C13H6Br2ClF2NO/c14-7-2-1-6(5-9(7)17)13(20)19-10-4-3-8(15)11(16)12(10)18/h1-5H,(H,19,20). The molecule has 7 heteroatoms. The number of anilines is 1. The van der Waals surface area contributed by atoms with Crippen LogP contribution in [0.4, 0.5) is 14.5 Å². The topological polar surface area (TPSA) is 29.1 Å². The van der Waals surface area contributed by atoms with Gasteiger partial charge in [-0.2, -0.15) is 0 Å². The minimum atomic E-state index is -0.757. The molecule has 104 valence electrons. The fourth-order valence-corrected chi connectivity index (χ4v) is 2.17. The highest BCUT2D eigenvalue weighted by Gasteiger charge is 2.14. The van der Waals surface area contributed by atoms with Crippen molar-refractivity contribution in [2.75, 3.05) is 5.32 Å². The summed E-state index contributed by atoms with van der Waals surface area (Å²) < 4.78 is 27.8. The van der Waals surface area contributed by atoms with E-state index in [1.165, 1.54) is 24.3 Å². The third kappa shape index (κ3) is 3.19. The number of halogens is 5. The van der Waals surface area contributed by atoms with E-state index < -0.39 is 17.5 Å². The Bertz CT molecular complexity index is 694. The number of nitrogens with one attached hydrogen (secondary N) is 1. The maximum Gasteiger partial charge on any atom is 0.255 e. The van der Waals surface area contributed by atoms with Gasteiger partial charge in [0.05, 0.1) is 15.2 Å². The monoisotopic (exact) mass is 423 g/mol. The highest BCUT2D eigenvalue weighted by molar-refractivity contribution is 9.10. The van der Waals surface area contributed by atoms with Crippen LogP contribution in [0.2, 0.25) is 5.02 Å². The Kier molecular flexibility index (Phi) is 4.78. The van der Waals surface area contributed by atoms with Gasteiger partial charge in [0.2, 0.25) is 0 Å². The zero-order chi connectivity index (χ0) is 14.9. The SMILES string of the molecule is O=C(Nc1ccc(Br)c(Cl)c1F)c1ccc(Br)c(F)c1. The molecular formula is C13H6Br2ClF2NO. The minimum absolute atomic E-state index is 0.0733. The summed E-state index contributed by atoms with van der Waals surface area (Å²) in [4.78, 5) is 11.9. The summed E-state index contributed by atoms with van der Waals surface area (Å²) in [7, 11) is 0. The normalized spacial score (nSPS) is 10.4. The molecule has 0 aliphatic carbocycles. The summed E-state index contributed by atoms with van der Waals surface area (Å²) >= 11 is 11.8. The van der Waals surface area contributed by atoms with E-state index in [4.69, 9.17) is 11.6 Å². The van der Waals surface area contributed by atoms with Crippen molar-refractivity contribution in [3.8, 4) is 0 Å². The number of benzene rings is 2. The third-order valence-electron chi connectivity index (χ3n) is 2.47. The first-order chi connectivity index (χ1) is 9.40. The molecule has 0 bridgehead atoms. The first-order valence-corrected chi connectivity index (χ1v) is 7.26. The van der Waals surface area contributed by atoms with Crippen molar-refractivity contribution >= 4 is 55.1 Å². The van der Waals surface area contributed by atoms with Crippen LogP contribution in [0.1, 0.15) is 10.4 Å². The number of carbonyl (C=O) groups excluding carboxylic acids is 1. The van der Waals surface area contributed by atoms with Gasteiger partial charge >= 0.3 is 0 Å². The van der Waals surface area contributed by atoms with Crippen molar-refractivity contribution in [3.05, 3.63) is 61.5 Å². The zero-order valence-corrected chi connectivity index (χ0v) is 13.6. The fraction of sp³-hybridized carbons (Fsp3) is 0. The second-order valence-electron chi connectivity index (χ2n) is 3.81. The van der Waals surface area contributed by atoms with E-state index in [0.29, 0.717) is 4.47 Å². The number of hydrogen-bond donors (Lipinski definition) is 1. The van der Waals surface area contributed by atoms with Crippen LogP contribution in [0.5, 0.6) is 0 Å². The molecule has 20 heavy (non-hydrogen) atoms. The number of rotatable bonds is 2. The van der Waals surface area contributed by atoms with Crippen LogP contribution in [0.3, 0.4) is 0 Å². The first kappa shape index (κ1) is 15.4. The van der Waals surface area contributed by atoms with Crippen LogP contribution < -0.4 is 5.32 Å². The van der Waals surface area contributed by atoms with E-state index in [1.54, 1.807) is 0 Å². The third-order valence-corrected chi connectivity index (χ3v) is 4.37. The van der Waals surface area contributed by atoms with Gasteiger partial charge < -0.3 is 5.32 Å². The van der Waals surface area contributed by atoms with Gasteiger partial charge in [0, 0.05) is 10.0 Å². The number of amides is 1. The molecule has 2 rings (SSSR count). The van der Waals surface area contributed by atoms with Crippen molar-refractivity contribution in [3.63, 3.8) is 0 Å². The number of carbonyl (C=O) groups is 1. The first-order valence-electron chi connectivity index (χ1n) is 5.30. The van der Waals surface area contributed by atoms with E-state index >= 15 is 0 Å². The Balaban J connectivity index is 2.28. The van der Waals surface area contributed by atoms with Gasteiger partial charge in [0.1, 0.15) is 5.82 Å². The Morgan fingerprint density at radius 1 is 1.10 bits per heavy atom. The smallest absolute Gasteiger partial charge is 0.255 e. The van der Waals surface area contributed by atoms with Crippen molar-refractivity contribution in [2.45, 2.75) is 0 Å². The average Bonchev–Trinajstić information content (AvgIpc) is 2.42. The van der Waals surface area contributed by atoms with Crippen LogP contribution in [0.25, 0.3) is 0 Å². The van der Waals surface area contributed by atoms with E-state index in [0.717, 1.165) is 6.07 Å². The van der Waals surface area contributed by atoms with E-state index in [9.17, 15) is 13.6 Å². The predicted octanol–water partition coefficient (Wildman–Crippen LogP) is 5.40. The van der Waals surface area contributed by atoms with E-state index in [-0.39, 0.29) is 20.7 Å². The number of hydrogen-bond acceptors (Lipinski definition) is 1. The van der Waals surface area contributed by atoms with Crippen LogP contribution in [0, 0.1) is 11.6 Å². The Hall–Kier alpha value is -0.980. The highest BCUT2D eigenvalue weighted by Crippen LogP contribution is 2.30. The predicted molar refractivity (Wildman–Crippen MR) is 81.2 cm³/mol. The van der Waals surface area contributed by atoms with Crippen molar-refractivity contribution in [1.82, 2.24) is 0 Å². The average molecular weight is 425 g/mol. The van der Waals surface area contributed by atoms with Gasteiger partial charge in [-0.1, -0.05) is 11.6 Å². The lowest BCUT2D eigenvalue weighted by Crippen LogP contribution is -2.13. The summed E-state index contributed by atoms with van der Waals surface area (Å²) in [6.45, 7) is 0. The second-order valence-corrected chi connectivity index (χ2v) is 5.89. The molecule has 2 nitrogen and oxygen atoms in total. The van der Waals surface area contributed by atoms with E-state index in [2.05, 4.69) is 37.2 Å². The zero-order valence-electron chi connectivity index (χ0n) is 9.68. The minimum Gasteiger partial charge on any atom is -0.319 e. The van der Waals surface area contributed by atoms with Crippen LogP contribution >= 0.6 is 43.5 Å². The highest BCUT2D eigenvalue weighted by atomic mass is 79.9. The van der Waals surface area contributed by atoms with Gasteiger partial charge in [0.15, 0.2) is 5.82 Å². The van der Waals surface area contributed by atoms with E-state index in [1.807, 2.05) is 0 Å². The molecule has 0 aliphatic heterocycles. The molecule has 0 radical (unpaired) electrons. The Labute approximate surface area is 135 Å². The van der Waals surface area contributed by atoms with Gasteiger partial charge in [0.25, 0.3) is 5.91 Å². The molecular weight excluding hydrogens is 419 g/mol. The van der Waals surface area contributed by atoms with Crippen LogP contribution in [-0.2, 0) is 0 Å². The molecule has 0 saturated heterocycles. The summed E-state index contributed by atoms with van der Waals surface area (Å²) in [5.74, 6) is -1.97. The molecule has 2 aromatic carbocycles. The molecule has 0 heterocycles. The second kappa shape index (κ2) is 6.20. The summed E-state index contributed by atoms with van der Waals surface area (Å²) in [5, 5.41) is 2.21. The van der Waals surface area contributed by atoms with Crippen LogP contribution in [-0.4, -0.2) is 5.91 Å². The quantitative estimate of drug-likeness (QED) is 0.642. The Morgan fingerprint density at radius 3 is 2.40 bits per heavy atom. The maximum absolute atomic E-state index is 13.8. The lowest BCUT2D eigenvalue weighted by molar-refractivity contribution is 0.102. The molecule has 0 unspecified atom stereocenters. The summed E-state index contributed by atoms with van der Waals surface area (Å²) in [6.07, 6.45) is 0. The molecule has 0 saturated carbocycles. The largest absolute Gasteiger partial charge is 0.319 e. The molecule has 0 atom stereocenters. The molecule has 0 fully saturated rings. The summed E-state index contributed by atoms with van der Waals surface area (Å²) in [6, 6.07) is 6.73. The molecule has 2 aromatic rings. The van der Waals surface area contributed by atoms with Crippen molar-refractivity contribution < 1.29 is 13.6 Å². The molecule has 0 spiro atoms. The lowest BCUT2D eigenvalue weighted by Gasteiger charge is -2.08. The van der Waals surface area contributed by atoms with Crippen molar-refractivity contribution in [2.24, 2.45) is 0 Å². The van der Waals surface area contributed by atoms with Gasteiger partial charge in [-0.05, 0) is 62.2 Å². The van der Waals surface area contributed by atoms with Crippen LogP contribution in [0.15, 0.2) is 39.3 Å². The van der Waals surface area contributed by atoms with Crippen molar-refractivity contribution in [1.29, 1.82) is 0 Å². The van der Waals surface area contributed by atoms with Gasteiger partial charge in [-0.3, -0.25) is 4.79 Å². The molecule has 1 amide bonds. The Morgan fingerprint density at radius 2 is 1.75 bits per heavy atom. The molecule has 0 aromatic heterocycles. The van der Waals surface area contributed by atoms with Gasteiger partial charge in [-0.15, -0.1) is 0 Å². The molecule has 0 aliphatic rings. The molecule has 1 N–H and O–H groups in total. The lowest BCUT2D eigenvalue weighted by atomic mass is 10.2. The van der Waals surface area contributed by atoms with Gasteiger partial charge in [-0.25, -0.2) is 8.78 Å². The maximum atomic E-state index is 13.8.